The summed E-state index contributed by atoms with van der Waals surface area (Å²) in [7, 11) is 0. The lowest BCUT2D eigenvalue weighted by molar-refractivity contribution is -0.139. The van der Waals surface area contributed by atoms with Gasteiger partial charge in [0.1, 0.15) is 5.75 Å². The van der Waals surface area contributed by atoms with Crippen molar-refractivity contribution >= 4 is 29.2 Å². The van der Waals surface area contributed by atoms with Crippen LogP contribution >= 0.6 is 0 Å². The molecule has 33 heavy (non-hydrogen) atoms. The molecule has 0 aliphatic carbocycles. The van der Waals surface area contributed by atoms with Crippen molar-refractivity contribution in [3.8, 4) is 5.75 Å². The maximum atomic E-state index is 13.3. The van der Waals surface area contributed by atoms with Crippen molar-refractivity contribution in [2.75, 3.05) is 23.3 Å². The van der Waals surface area contributed by atoms with Crippen molar-refractivity contribution in [2.24, 2.45) is 0 Å². The van der Waals surface area contributed by atoms with Crippen molar-refractivity contribution in [3.05, 3.63) is 53.6 Å². The third-order valence-electron chi connectivity index (χ3n) is 4.67. The minimum Gasteiger partial charge on any atom is -0.490 e. The van der Waals surface area contributed by atoms with Crippen LogP contribution in [0.1, 0.15) is 25.0 Å². The number of carbonyl (C=O) groups excluding carboxylic acids is 3. The molecule has 0 atom stereocenters. The second-order valence-corrected chi connectivity index (χ2v) is 7.56. The van der Waals surface area contributed by atoms with E-state index in [1.54, 1.807) is 43.0 Å². The predicted octanol–water partition coefficient (Wildman–Crippen LogP) is 3.28. The molecule has 1 heterocycles. The van der Waals surface area contributed by atoms with E-state index in [0.29, 0.717) is 24.3 Å². The molecule has 3 N–H and O–H groups in total. The molecule has 2 aromatic carbocycles. The van der Waals surface area contributed by atoms with E-state index < -0.39 is 29.7 Å². The quantitative estimate of drug-likeness (QED) is 0.572. The van der Waals surface area contributed by atoms with Crippen LogP contribution < -0.4 is 25.6 Å². The highest BCUT2D eigenvalue weighted by Crippen LogP contribution is 2.38. The van der Waals surface area contributed by atoms with Crippen LogP contribution in [0.2, 0.25) is 0 Å². The van der Waals surface area contributed by atoms with E-state index in [1.165, 1.54) is 6.07 Å². The number of ether oxygens (including phenoxy) is 1. The summed E-state index contributed by atoms with van der Waals surface area (Å²) in [5, 5.41) is 7.27. The number of anilines is 2. The Balaban J connectivity index is 1.59. The maximum absolute atomic E-state index is 13.3. The largest absolute Gasteiger partial charge is 0.490 e. The minimum atomic E-state index is -4.70. The highest BCUT2D eigenvalue weighted by Gasteiger charge is 2.35. The van der Waals surface area contributed by atoms with Gasteiger partial charge in [-0.3, -0.25) is 14.5 Å². The normalized spacial score (nSPS) is 13.6. The molecule has 0 spiro atoms. The van der Waals surface area contributed by atoms with Crippen molar-refractivity contribution in [3.63, 3.8) is 0 Å². The van der Waals surface area contributed by atoms with E-state index in [1.807, 2.05) is 0 Å². The molecular weight excluding hydrogens is 441 g/mol. The average molecular weight is 464 g/mol. The van der Waals surface area contributed by atoms with E-state index >= 15 is 0 Å². The molecule has 1 aliphatic rings. The number of alkyl halides is 3. The molecule has 0 unspecified atom stereocenters. The van der Waals surface area contributed by atoms with Crippen LogP contribution in [-0.4, -0.2) is 37.0 Å². The van der Waals surface area contributed by atoms with E-state index in [9.17, 15) is 27.6 Å². The Labute approximate surface area is 188 Å². The summed E-state index contributed by atoms with van der Waals surface area (Å²) >= 11 is 0. The Morgan fingerprint density at radius 1 is 1.12 bits per heavy atom. The van der Waals surface area contributed by atoms with Gasteiger partial charge >= 0.3 is 24.0 Å². The van der Waals surface area contributed by atoms with Crippen LogP contribution in [0, 0.1) is 0 Å². The first-order chi connectivity index (χ1) is 15.5. The molecule has 0 radical (unpaired) electrons. The Bertz CT molecular complexity index is 1040. The molecule has 176 valence electrons. The van der Waals surface area contributed by atoms with Crippen LogP contribution in [-0.2, 0) is 22.3 Å². The van der Waals surface area contributed by atoms with Gasteiger partial charge in [-0.2, -0.15) is 13.2 Å². The van der Waals surface area contributed by atoms with Gasteiger partial charge in [-0.25, -0.2) is 4.79 Å². The second-order valence-electron chi connectivity index (χ2n) is 7.56. The Morgan fingerprint density at radius 3 is 2.39 bits per heavy atom. The fourth-order valence-corrected chi connectivity index (χ4v) is 3.15. The lowest BCUT2D eigenvalue weighted by atomic mass is 10.1. The van der Waals surface area contributed by atoms with Crippen LogP contribution in [0.3, 0.4) is 0 Å². The summed E-state index contributed by atoms with van der Waals surface area (Å²) in [6.45, 7) is 4.32. The molecule has 3 rings (SSSR count). The van der Waals surface area contributed by atoms with E-state index in [-0.39, 0.29) is 24.0 Å². The number of benzene rings is 2. The summed E-state index contributed by atoms with van der Waals surface area (Å²) in [6, 6.07) is 9.67. The molecule has 11 heteroatoms. The summed E-state index contributed by atoms with van der Waals surface area (Å²) < 4.78 is 45.2. The first-order valence-corrected chi connectivity index (χ1v) is 10.2. The minimum absolute atomic E-state index is 0.0215. The molecule has 1 aliphatic heterocycles. The zero-order valence-corrected chi connectivity index (χ0v) is 18.0. The van der Waals surface area contributed by atoms with Gasteiger partial charge in [0.25, 0.3) is 0 Å². The van der Waals surface area contributed by atoms with Gasteiger partial charge in [0.15, 0.2) is 0 Å². The van der Waals surface area contributed by atoms with E-state index in [2.05, 4.69) is 16.0 Å². The number of nitrogens with one attached hydrogen (secondary N) is 3. The van der Waals surface area contributed by atoms with Crippen LogP contribution in [0.5, 0.6) is 5.75 Å². The third-order valence-corrected chi connectivity index (χ3v) is 4.67. The maximum Gasteiger partial charge on any atom is 0.420 e. The summed E-state index contributed by atoms with van der Waals surface area (Å²) in [5.74, 6) is -2.48. The van der Waals surface area contributed by atoms with E-state index in [0.717, 1.165) is 12.1 Å². The van der Waals surface area contributed by atoms with Crippen molar-refractivity contribution in [1.29, 1.82) is 0 Å². The third kappa shape index (κ3) is 6.15. The first-order valence-electron chi connectivity index (χ1n) is 10.2. The molecule has 0 bridgehead atoms. The van der Waals surface area contributed by atoms with Crippen molar-refractivity contribution < 1.29 is 32.3 Å². The predicted molar refractivity (Wildman–Crippen MR) is 115 cm³/mol. The summed E-state index contributed by atoms with van der Waals surface area (Å²) in [4.78, 5) is 37.5. The molecule has 1 saturated heterocycles. The highest BCUT2D eigenvalue weighted by atomic mass is 19.4. The fraction of sp³-hybridized carbons (Fsp3) is 0.318. The van der Waals surface area contributed by atoms with Crippen LogP contribution in [0.15, 0.2) is 42.5 Å². The van der Waals surface area contributed by atoms with Gasteiger partial charge < -0.3 is 20.7 Å². The molecule has 2 aromatic rings. The standard InChI is InChI=1S/C22H23F3N4O4/c1-13(2)33-18-8-5-15(11-17(18)22(23,24)25)28-20(31)19(30)27-12-14-3-6-16(7-4-14)29-10-9-26-21(29)32/h3-8,11,13H,9-10,12H2,1-2H3,(H,26,32)(H,27,30)(H,28,31). The Kier molecular flexibility index (Phi) is 7.10. The SMILES string of the molecule is CC(C)Oc1ccc(NC(=O)C(=O)NCc2ccc(N3CCNC3=O)cc2)cc1C(F)(F)F. The summed E-state index contributed by atoms with van der Waals surface area (Å²) in [5.41, 5.74) is 0.130. The molecule has 1 fully saturated rings. The van der Waals surface area contributed by atoms with Crippen molar-refractivity contribution in [2.45, 2.75) is 32.7 Å². The Hall–Kier alpha value is -3.76. The van der Waals surface area contributed by atoms with Gasteiger partial charge in [0, 0.05) is 31.0 Å². The van der Waals surface area contributed by atoms with Gasteiger partial charge in [-0.05, 0) is 49.7 Å². The number of hydrogen-bond acceptors (Lipinski definition) is 4. The molecule has 0 aromatic heterocycles. The van der Waals surface area contributed by atoms with E-state index in [4.69, 9.17) is 4.74 Å². The fourth-order valence-electron chi connectivity index (χ4n) is 3.15. The smallest absolute Gasteiger partial charge is 0.420 e. The highest BCUT2D eigenvalue weighted by molar-refractivity contribution is 6.39. The lowest BCUT2D eigenvalue weighted by Crippen LogP contribution is -2.35. The number of hydrogen-bond donors (Lipinski definition) is 3. The van der Waals surface area contributed by atoms with Crippen LogP contribution in [0.25, 0.3) is 0 Å². The molecule has 8 nitrogen and oxygen atoms in total. The van der Waals surface area contributed by atoms with Crippen molar-refractivity contribution in [1.82, 2.24) is 10.6 Å². The number of rotatable bonds is 6. The second kappa shape index (κ2) is 9.80. The van der Waals surface area contributed by atoms with Crippen LogP contribution in [0.4, 0.5) is 29.3 Å². The van der Waals surface area contributed by atoms with Gasteiger partial charge in [0.2, 0.25) is 0 Å². The first kappa shape index (κ1) is 23.9. The van der Waals surface area contributed by atoms with Gasteiger partial charge in [-0.1, -0.05) is 12.1 Å². The monoisotopic (exact) mass is 464 g/mol. The number of amides is 4. The zero-order valence-electron chi connectivity index (χ0n) is 18.0. The van der Waals surface area contributed by atoms with Gasteiger partial charge in [-0.15, -0.1) is 0 Å². The summed E-state index contributed by atoms with van der Waals surface area (Å²) in [6.07, 6.45) is -5.17. The molecular formula is C22H23F3N4O4. The number of halogens is 3. The van der Waals surface area contributed by atoms with Gasteiger partial charge in [0.05, 0.1) is 11.7 Å². The Morgan fingerprint density at radius 2 is 1.82 bits per heavy atom. The average Bonchev–Trinajstić information content (AvgIpc) is 3.18. The molecule has 4 amide bonds. The number of nitrogens with zero attached hydrogens (tertiary/aromatic N) is 1. The number of urea groups is 1. The lowest BCUT2D eigenvalue weighted by Gasteiger charge is -2.17. The zero-order chi connectivity index (χ0) is 24.2. The topological polar surface area (TPSA) is 99.8 Å². The number of carbonyl (C=O) groups is 3. The molecule has 0 saturated carbocycles.